The van der Waals surface area contributed by atoms with E-state index in [0.29, 0.717) is 18.0 Å². The highest BCUT2D eigenvalue weighted by atomic mass is 35.5. The number of sulfonamides is 1. The number of hydrogen-bond donors (Lipinski definition) is 2. The zero-order chi connectivity index (χ0) is 13.0. The molecular weight excluding hydrogens is 306 g/mol. The molecule has 0 unspecified atom stereocenters. The van der Waals surface area contributed by atoms with Crippen LogP contribution in [0.25, 0.3) is 0 Å². The van der Waals surface area contributed by atoms with Gasteiger partial charge in [0.2, 0.25) is 10.0 Å². The Bertz CT molecular complexity index is 563. The van der Waals surface area contributed by atoms with E-state index >= 15 is 0 Å². The van der Waals surface area contributed by atoms with Gasteiger partial charge in [-0.2, -0.15) is 0 Å². The lowest BCUT2D eigenvalue weighted by Crippen LogP contribution is -2.24. The predicted octanol–water partition coefficient (Wildman–Crippen LogP) is 0.0357. The molecule has 1 aliphatic rings. The summed E-state index contributed by atoms with van der Waals surface area (Å²) >= 11 is 0. The number of hydrogen-bond acceptors (Lipinski definition) is 5. The Balaban J connectivity index is 0.00000180. The summed E-state index contributed by atoms with van der Waals surface area (Å²) in [6.45, 7) is 1.98. The molecule has 1 aromatic carbocycles. The zero-order valence-electron chi connectivity index (χ0n) is 10.9. The van der Waals surface area contributed by atoms with Crippen molar-refractivity contribution in [3.05, 3.63) is 24.3 Å². The number of benzene rings is 1. The Morgan fingerprint density at radius 3 is 2.80 bits per heavy atom. The number of anilines is 1. The first-order valence-corrected chi connectivity index (χ1v) is 7.40. The second-order valence-electron chi connectivity index (χ2n) is 3.95. The van der Waals surface area contributed by atoms with Crippen LogP contribution in [0.1, 0.15) is 0 Å². The normalized spacial score (nSPS) is 13.3. The summed E-state index contributed by atoms with van der Waals surface area (Å²) < 4.78 is 30.1. The van der Waals surface area contributed by atoms with Crippen LogP contribution < -0.4 is 14.8 Å². The van der Waals surface area contributed by atoms with Gasteiger partial charge in [0.05, 0.1) is 18.5 Å². The van der Waals surface area contributed by atoms with Crippen molar-refractivity contribution < 1.29 is 18.6 Å². The molecule has 0 bridgehead atoms. The first kappa shape index (κ1) is 18.5. The molecule has 0 atom stereocenters. The molecule has 7 nitrogen and oxygen atoms in total. The molecule has 0 saturated heterocycles. The van der Waals surface area contributed by atoms with Gasteiger partial charge in [0.1, 0.15) is 18.2 Å². The Hall–Kier alpha value is -1.51. The van der Waals surface area contributed by atoms with Crippen molar-refractivity contribution in [1.82, 2.24) is 5.32 Å². The third kappa shape index (κ3) is 6.09. The monoisotopic (exact) mass is 323 g/mol. The molecule has 1 heterocycles. The maximum Gasteiger partial charge on any atom is 0.229 e. The third-order valence-electron chi connectivity index (χ3n) is 2.26. The van der Waals surface area contributed by atoms with E-state index in [4.69, 9.17) is 4.74 Å². The van der Waals surface area contributed by atoms with Crippen molar-refractivity contribution in [1.29, 1.82) is 0 Å². The van der Waals surface area contributed by atoms with Crippen LogP contribution in [-0.4, -0.2) is 45.7 Å². The summed E-state index contributed by atoms with van der Waals surface area (Å²) in [4.78, 5) is 4.20. The van der Waals surface area contributed by atoms with Crippen LogP contribution in [0.15, 0.2) is 29.3 Å². The second-order valence-corrected chi connectivity index (χ2v) is 5.69. The van der Waals surface area contributed by atoms with Crippen LogP contribution in [-0.2, 0) is 10.0 Å². The van der Waals surface area contributed by atoms with E-state index in [1.54, 1.807) is 24.3 Å². The molecule has 20 heavy (non-hydrogen) atoms. The Morgan fingerprint density at radius 1 is 1.45 bits per heavy atom. The van der Waals surface area contributed by atoms with Crippen molar-refractivity contribution in [3.63, 3.8) is 0 Å². The molecule has 9 heteroatoms. The molecule has 4 N–H and O–H groups in total. The van der Waals surface area contributed by atoms with Gasteiger partial charge in [-0.25, -0.2) is 8.42 Å². The zero-order valence-corrected chi connectivity index (χ0v) is 12.6. The lowest BCUT2D eigenvalue weighted by atomic mass is 10.3. The molecular formula is C11H18ClN3O4S. The third-order valence-corrected chi connectivity index (χ3v) is 2.86. The average Bonchev–Trinajstić information content (AvgIpc) is 2.77. The van der Waals surface area contributed by atoms with E-state index in [1.165, 1.54) is 0 Å². The highest BCUT2D eigenvalue weighted by Crippen LogP contribution is 2.18. The Morgan fingerprint density at radius 2 is 2.20 bits per heavy atom. The lowest BCUT2D eigenvalue weighted by molar-refractivity contribution is 0.374. The number of rotatable bonds is 5. The van der Waals surface area contributed by atoms with E-state index in [9.17, 15) is 8.42 Å². The molecule has 2 rings (SSSR count). The van der Waals surface area contributed by atoms with Gasteiger partial charge in [0.25, 0.3) is 0 Å². The van der Waals surface area contributed by atoms with Gasteiger partial charge in [-0.05, 0) is 12.1 Å². The summed E-state index contributed by atoms with van der Waals surface area (Å²) in [5.74, 6) is 1.41. The minimum atomic E-state index is -3.27. The van der Waals surface area contributed by atoms with Gasteiger partial charge in [-0.1, -0.05) is 6.07 Å². The average molecular weight is 324 g/mol. The number of aliphatic imine (C=N–C) groups is 1. The number of nitrogens with zero attached hydrogens (tertiary/aromatic N) is 1. The smallest absolute Gasteiger partial charge is 0.229 e. The quantitative estimate of drug-likeness (QED) is 0.796. The van der Waals surface area contributed by atoms with Gasteiger partial charge in [-0.15, -0.1) is 12.4 Å². The van der Waals surface area contributed by atoms with Crippen molar-refractivity contribution in [3.8, 4) is 5.75 Å². The number of amidine groups is 1. The van der Waals surface area contributed by atoms with Gasteiger partial charge >= 0.3 is 0 Å². The molecule has 0 spiro atoms. The maximum absolute atomic E-state index is 11.1. The number of halogens is 1. The molecule has 0 amide bonds. The van der Waals surface area contributed by atoms with Gasteiger partial charge in [0, 0.05) is 12.6 Å². The maximum atomic E-state index is 11.1. The van der Waals surface area contributed by atoms with E-state index in [-0.39, 0.29) is 17.9 Å². The molecule has 1 aromatic rings. The van der Waals surface area contributed by atoms with Crippen molar-refractivity contribution in [2.24, 2.45) is 4.99 Å². The van der Waals surface area contributed by atoms with Crippen molar-refractivity contribution in [2.75, 3.05) is 30.7 Å². The minimum absolute atomic E-state index is 0. The highest BCUT2D eigenvalue weighted by molar-refractivity contribution is 7.92. The summed E-state index contributed by atoms with van der Waals surface area (Å²) in [5, 5.41) is 3.09. The molecule has 0 aromatic heterocycles. The van der Waals surface area contributed by atoms with Crippen LogP contribution >= 0.6 is 12.4 Å². The van der Waals surface area contributed by atoms with Crippen LogP contribution in [0.5, 0.6) is 5.75 Å². The summed E-state index contributed by atoms with van der Waals surface area (Å²) in [5.41, 5.74) is 0.483. The molecule has 0 radical (unpaired) electrons. The molecule has 0 aliphatic carbocycles. The van der Waals surface area contributed by atoms with E-state index < -0.39 is 10.0 Å². The number of ether oxygens (including phenoxy) is 1. The summed E-state index contributed by atoms with van der Waals surface area (Å²) in [6.07, 6.45) is 1.11. The Labute approximate surface area is 124 Å². The second kappa shape index (κ2) is 7.93. The highest BCUT2D eigenvalue weighted by Gasteiger charge is 2.06. The molecule has 1 aliphatic heterocycles. The lowest BCUT2D eigenvalue weighted by Gasteiger charge is -2.09. The van der Waals surface area contributed by atoms with Gasteiger partial charge in [0.15, 0.2) is 0 Å². The fourth-order valence-corrected chi connectivity index (χ4v) is 2.11. The summed E-state index contributed by atoms with van der Waals surface area (Å²) in [7, 11) is -3.27. The van der Waals surface area contributed by atoms with Crippen LogP contribution in [0.4, 0.5) is 5.69 Å². The van der Waals surface area contributed by atoms with Crippen LogP contribution in [0, 0.1) is 0 Å². The predicted molar refractivity (Wildman–Crippen MR) is 81.6 cm³/mol. The minimum Gasteiger partial charge on any atom is -0.486 e. The van der Waals surface area contributed by atoms with Crippen molar-refractivity contribution >= 4 is 34.0 Å². The molecule has 114 valence electrons. The first-order valence-electron chi connectivity index (χ1n) is 5.51. The van der Waals surface area contributed by atoms with Gasteiger partial charge in [-0.3, -0.25) is 9.71 Å². The fraction of sp³-hybridized carbons (Fsp3) is 0.364. The summed E-state index contributed by atoms with van der Waals surface area (Å²) in [6, 6.07) is 6.80. The largest absolute Gasteiger partial charge is 0.486 e. The van der Waals surface area contributed by atoms with E-state index in [1.807, 2.05) is 0 Å². The standard InChI is InChI=1S/C11H15N3O3S.ClH.H2O/c1-18(15,16)14-9-3-2-4-10(7-9)17-8-11-12-5-6-13-11;;/h2-4,7,14H,5-6,8H2,1H3,(H,12,13);1H;1H2. The SMILES string of the molecule is CS(=O)(=O)Nc1cccc(OCC2=NCCN2)c1.Cl.O. The molecule has 0 saturated carbocycles. The van der Waals surface area contributed by atoms with E-state index in [2.05, 4.69) is 15.0 Å². The molecule has 0 fully saturated rings. The van der Waals surface area contributed by atoms with Crippen molar-refractivity contribution in [2.45, 2.75) is 0 Å². The Kier molecular flexibility index (Phi) is 7.33. The first-order chi connectivity index (χ1) is 8.53. The van der Waals surface area contributed by atoms with Crippen LogP contribution in [0.2, 0.25) is 0 Å². The fourth-order valence-electron chi connectivity index (χ4n) is 1.56. The number of nitrogens with one attached hydrogen (secondary N) is 2. The van der Waals surface area contributed by atoms with E-state index in [0.717, 1.165) is 25.2 Å². The van der Waals surface area contributed by atoms with Gasteiger partial charge < -0.3 is 15.5 Å². The van der Waals surface area contributed by atoms with Crippen LogP contribution in [0.3, 0.4) is 0 Å². The topological polar surface area (TPSA) is 111 Å².